The summed E-state index contributed by atoms with van der Waals surface area (Å²) < 4.78 is 13.6. The SMILES string of the molecule is Nc1cc(Br)ccc1C(=O)Nc1cccc(F)n1. The molecule has 0 aliphatic rings. The fourth-order valence-electron chi connectivity index (χ4n) is 1.40. The highest BCUT2D eigenvalue weighted by molar-refractivity contribution is 9.10. The van der Waals surface area contributed by atoms with Crippen LogP contribution in [0.1, 0.15) is 10.4 Å². The van der Waals surface area contributed by atoms with Crippen LogP contribution >= 0.6 is 15.9 Å². The third kappa shape index (κ3) is 2.84. The van der Waals surface area contributed by atoms with Crippen molar-refractivity contribution in [2.24, 2.45) is 0 Å². The Morgan fingerprint density at radius 2 is 2.11 bits per heavy atom. The van der Waals surface area contributed by atoms with Gasteiger partial charge in [0, 0.05) is 10.2 Å². The zero-order chi connectivity index (χ0) is 13.1. The molecule has 0 bridgehead atoms. The molecule has 4 nitrogen and oxygen atoms in total. The van der Waals surface area contributed by atoms with Gasteiger partial charge in [0.05, 0.1) is 5.56 Å². The number of rotatable bonds is 2. The Kier molecular flexibility index (Phi) is 3.57. The summed E-state index contributed by atoms with van der Waals surface area (Å²) in [6.07, 6.45) is 0. The minimum Gasteiger partial charge on any atom is -0.398 e. The Balaban J connectivity index is 2.22. The van der Waals surface area contributed by atoms with E-state index < -0.39 is 11.9 Å². The first-order valence-electron chi connectivity index (χ1n) is 5.05. The molecule has 0 saturated carbocycles. The van der Waals surface area contributed by atoms with Crippen LogP contribution in [-0.4, -0.2) is 10.9 Å². The highest BCUT2D eigenvalue weighted by Gasteiger charge is 2.10. The van der Waals surface area contributed by atoms with Crippen LogP contribution in [0.4, 0.5) is 15.9 Å². The largest absolute Gasteiger partial charge is 0.398 e. The summed E-state index contributed by atoms with van der Waals surface area (Å²) in [5, 5.41) is 2.47. The maximum absolute atomic E-state index is 12.9. The van der Waals surface area contributed by atoms with Crippen molar-refractivity contribution in [1.29, 1.82) is 0 Å². The highest BCUT2D eigenvalue weighted by Crippen LogP contribution is 2.19. The number of nitrogens with one attached hydrogen (secondary N) is 1. The van der Waals surface area contributed by atoms with Gasteiger partial charge in [-0.1, -0.05) is 22.0 Å². The van der Waals surface area contributed by atoms with Gasteiger partial charge in [-0.3, -0.25) is 4.79 Å². The molecule has 1 aromatic carbocycles. The number of nitrogen functional groups attached to an aromatic ring is 1. The molecule has 1 heterocycles. The molecule has 0 radical (unpaired) electrons. The van der Waals surface area contributed by atoms with Crippen LogP contribution in [0, 0.1) is 5.95 Å². The molecule has 0 aliphatic heterocycles. The quantitative estimate of drug-likeness (QED) is 0.662. The van der Waals surface area contributed by atoms with Crippen molar-refractivity contribution in [3.63, 3.8) is 0 Å². The normalized spacial score (nSPS) is 10.1. The molecule has 0 fully saturated rings. The number of hydrogen-bond donors (Lipinski definition) is 2. The van der Waals surface area contributed by atoms with Gasteiger partial charge in [0.1, 0.15) is 5.82 Å². The molecule has 2 aromatic rings. The number of carbonyl (C=O) groups is 1. The smallest absolute Gasteiger partial charge is 0.258 e. The summed E-state index contributed by atoms with van der Waals surface area (Å²) >= 11 is 3.25. The number of carbonyl (C=O) groups excluding carboxylic acids is 1. The van der Waals surface area contributed by atoms with Gasteiger partial charge in [-0.25, -0.2) is 4.98 Å². The zero-order valence-electron chi connectivity index (χ0n) is 9.15. The van der Waals surface area contributed by atoms with E-state index in [0.29, 0.717) is 11.3 Å². The minimum atomic E-state index is -0.656. The molecule has 0 saturated heterocycles. The summed E-state index contributed by atoms with van der Waals surface area (Å²) in [4.78, 5) is 15.4. The maximum atomic E-state index is 12.9. The molecule has 0 atom stereocenters. The van der Waals surface area contributed by atoms with Crippen molar-refractivity contribution in [3.05, 3.63) is 52.4 Å². The number of aromatic nitrogens is 1. The van der Waals surface area contributed by atoms with Gasteiger partial charge >= 0.3 is 0 Å². The molecule has 2 rings (SSSR count). The number of nitrogens with zero attached hydrogens (tertiary/aromatic N) is 1. The summed E-state index contributed by atoms with van der Waals surface area (Å²) in [6.45, 7) is 0. The number of nitrogens with two attached hydrogens (primary N) is 1. The molecule has 1 aromatic heterocycles. The number of anilines is 2. The van der Waals surface area contributed by atoms with Gasteiger partial charge in [-0.15, -0.1) is 0 Å². The van der Waals surface area contributed by atoms with Gasteiger partial charge in [0.25, 0.3) is 5.91 Å². The third-order valence-corrected chi connectivity index (χ3v) is 2.71. The van der Waals surface area contributed by atoms with E-state index in [1.165, 1.54) is 18.2 Å². The van der Waals surface area contributed by atoms with E-state index in [4.69, 9.17) is 5.73 Å². The Morgan fingerprint density at radius 1 is 1.33 bits per heavy atom. The van der Waals surface area contributed by atoms with Crippen LogP contribution in [0.25, 0.3) is 0 Å². The van der Waals surface area contributed by atoms with E-state index in [-0.39, 0.29) is 5.82 Å². The van der Waals surface area contributed by atoms with Crippen molar-refractivity contribution in [3.8, 4) is 0 Å². The van der Waals surface area contributed by atoms with Crippen LogP contribution in [-0.2, 0) is 0 Å². The average Bonchev–Trinajstić information content (AvgIpc) is 2.28. The lowest BCUT2D eigenvalue weighted by molar-refractivity contribution is 0.102. The van der Waals surface area contributed by atoms with Crippen LogP contribution in [0.5, 0.6) is 0 Å². The summed E-state index contributed by atoms with van der Waals surface area (Å²) in [5.41, 5.74) is 6.36. The molecule has 3 N–H and O–H groups in total. The Bertz CT molecular complexity index is 604. The Hall–Kier alpha value is -1.95. The standard InChI is InChI=1S/C12H9BrFN3O/c13-7-4-5-8(9(15)6-7)12(18)17-11-3-1-2-10(14)16-11/h1-6H,15H2,(H,16,17,18). The summed E-state index contributed by atoms with van der Waals surface area (Å²) in [5.74, 6) is -0.947. The van der Waals surface area contributed by atoms with Crippen molar-refractivity contribution < 1.29 is 9.18 Å². The number of pyridine rings is 1. The van der Waals surface area contributed by atoms with Crippen molar-refractivity contribution in [1.82, 2.24) is 4.98 Å². The highest BCUT2D eigenvalue weighted by atomic mass is 79.9. The molecule has 0 spiro atoms. The first-order valence-corrected chi connectivity index (χ1v) is 5.84. The first kappa shape index (κ1) is 12.5. The molecular weight excluding hydrogens is 301 g/mol. The molecule has 18 heavy (non-hydrogen) atoms. The second kappa shape index (κ2) is 5.14. The van der Waals surface area contributed by atoms with E-state index in [1.807, 2.05) is 0 Å². The fourth-order valence-corrected chi connectivity index (χ4v) is 1.78. The molecule has 92 valence electrons. The van der Waals surface area contributed by atoms with Gasteiger partial charge in [-0.2, -0.15) is 4.39 Å². The molecular formula is C12H9BrFN3O. The van der Waals surface area contributed by atoms with Gasteiger partial charge in [0.15, 0.2) is 0 Å². The van der Waals surface area contributed by atoms with Crippen LogP contribution in [0.15, 0.2) is 40.9 Å². The minimum absolute atomic E-state index is 0.141. The monoisotopic (exact) mass is 309 g/mol. The molecule has 6 heteroatoms. The second-order valence-corrected chi connectivity index (χ2v) is 4.45. The van der Waals surface area contributed by atoms with E-state index in [1.54, 1.807) is 18.2 Å². The second-order valence-electron chi connectivity index (χ2n) is 3.53. The lowest BCUT2D eigenvalue weighted by atomic mass is 10.1. The zero-order valence-corrected chi connectivity index (χ0v) is 10.7. The lowest BCUT2D eigenvalue weighted by Gasteiger charge is -2.07. The van der Waals surface area contributed by atoms with E-state index in [0.717, 1.165) is 4.47 Å². The number of hydrogen-bond acceptors (Lipinski definition) is 3. The van der Waals surface area contributed by atoms with Gasteiger partial charge < -0.3 is 11.1 Å². The number of amides is 1. The molecule has 0 aliphatic carbocycles. The summed E-state index contributed by atoms with van der Waals surface area (Å²) in [6, 6.07) is 9.05. The lowest BCUT2D eigenvalue weighted by Crippen LogP contribution is -2.15. The maximum Gasteiger partial charge on any atom is 0.258 e. The number of halogens is 2. The van der Waals surface area contributed by atoms with Crippen molar-refractivity contribution in [2.45, 2.75) is 0 Å². The van der Waals surface area contributed by atoms with Crippen LogP contribution < -0.4 is 11.1 Å². The van der Waals surface area contributed by atoms with Crippen LogP contribution in [0.2, 0.25) is 0 Å². The molecule has 1 amide bonds. The Labute approximate surface area is 111 Å². The Morgan fingerprint density at radius 3 is 2.78 bits per heavy atom. The summed E-state index contributed by atoms with van der Waals surface area (Å²) in [7, 11) is 0. The molecule has 0 unspecified atom stereocenters. The first-order chi connectivity index (χ1) is 8.56. The predicted octanol–water partition coefficient (Wildman–Crippen LogP) is 2.82. The average molecular weight is 310 g/mol. The van der Waals surface area contributed by atoms with E-state index >= 15 is 0 Å². The number of benzene rings is 1. The fraction of sp³-hybridized carbons (Fsp3) is 0. The van der Waals surface area contributed by atoms with Crippen molar-refractivity contribution >= 4 is 33.3 Å². The van der Waals surface area contributed by atoms with E-state index in [9.17, 15) is 9.18 Å². The predicted molar refractivity (Wildman–Crippen MR) is 70.7 cm³/mol. The van der Waals surface area contributed by atoms with Crippen molar-refractivity contribution in [2.75, 3.05) is 11.1 Å². The van der Waals surface area contributed by atoms with E-state index in [2.05, 4.69) is 26.2 Å². The van der Waals surface area contributed by atoms with Gasteiger partial charge in [0.2, 0.25) is 5.95 Å². The topological polar surface area (TPSA) is 68.0 Å². The van der Waals surface area contributed by atoms with Gasteiger partial charge in [-0.05, 0) is 30.3 Å². The third-order valence-electron chi connectivity index (χ3n) is 2.21. The van der Waals surface area contributed by atoms with Crippen LogP contribution in [0.3, 0.4) is 0 Å².